The van der Waals surface area contributed by atoms with Crippen LogP contribution in [0.15, 0.2) is 34.8 Å². The van der Waals surface area contributed by atoms with Crippen LogP contribution in [-0.2, 0) is 6.54 Å². The molecule has 0 radical (unpaired) electrons. The van der Waals surface area contributed by atoms with E-state index in [0.29, 0.717) is 6.04 Å². The number of ether oxygens (including phenoxy) is 1. The molecule has 2 aromatic rings. The van der Waals surface area contributed by atoms with Gasteiger partial charge in [-0.15, -0.1) is 11.3 Å². The third-order valence-electron chi connectivity index (χ3n) is 3.08. The first-order chi connectivity index (χ1) is 9.10. The molecule has 1 atom stereocenters. The number of thiophene rings is 1. The lowest BCUT2D eigenvalue weighted by Crippen LogP contribution is -2.17. The van der Waals surface area contributed by atoms with Crippen molar-refractivity contribution in [1.82, 2.24) is 5.32 Å². The van der Waals surface area contributed by atoms with E-state index in [1.165, 1.54) is 19.8 Å². The molecular weight excluding hydrogens is 322 g/mol. The van der Waals surface area contributed by atoms with E-state index in [1.807, 2.05) is 23.5 Å². The molecule has 0 aliphatic heterocycles. The van der Waals surface area contributed by atoms with Crippen LogP contribution >= 0.6 is 27.3 Å². The lowest BCUT2D eigenvalue weighted by atomic mass is 10.1. The SMILES string of the molecule is COc1cccc([C@@H](C)NCc2cc(Br)c(C)s2)c1. The lowest BCUT2D eigenvalue weighted by Gasteiger charge is -2.14. The first kappa shape index (κ1) is 14.6. The summed E-state index contributed by atoms with van der Waals surface area (Å²) in [6, 6.07) is 10.7. The molecule has 1 N–H and O–H groups in total. The van der Waals surface area contributed by atoms with Gasteiger partial charge in [-0.1, -0.05) is 12.1 Å². The molecule has 0 aliphatic rings. The highest BCUT2D eigenvalue weighted by Gasteiger charge is 2.08. The predicted molar refractivity (Wildman–Crippen MR) is 85.0 cm³/mol. The number of nitrogens with one attached hydrogen (secondary N) is 1. The van der Waals surface area contributed by atoms with Gasteiger partial charge in [-0.25, -0.2) is 0 Å². The predicted octanol–water partition coefficient (Wildman–Crippen LogP) is 4.68. The van der Waals surface area contributed by atoms with Crippen molar-refractivity contribution in [3.63, 3.8) is 0 Å². The Bertz CT molecular complexity index is 533. The molecule has 102 valence electrons. The van der Waals surface area contributed by atoms with Crippen LogP contribution in [0.2, 0.25) is 0 Å². The summed E-state index contributed by atoms with van der Waals surface area (Å²) >= 11 is 5.38. The number of methoxy groups -OCH3 is 1. The van der Waals surface area contributed by atoms with Crippen molar-refractivity contribution >= 4 is 27.3 Å². The smallest absolute Gasteiger partial charge is 0.119 e. The third kappa shape index (κ3) is 3.81. The largest absolute Gasteiger partial charge is 0.497 e. The molecule has 0 aliphatic carbocycles. The molecule has 0 fully saturated rings. The van der Waals surface area contributed by atoms with Crippen LogP contribution in [-0.4, -0.2) is 7.11 Å². The molecule has 0 spiro atoms. The molecule has 0 amide bonds. The van der Waals surface area contributed by atoms with Crippen molar-refractivity contribution in [2.75, 3.05) is 7.11 Å². The van der Waals surface area contributed by atoms with E-state index in [1.54, 1.807) is 7.11 Å². The van der Waals surface area contributed by atoms with Crippen LogP contribution in [0.5, 0.6) is 5.75 Å². The molecule has 2 rings (SSSR count). The number of rotatable bonds is 5. The first-order valence-corrected chi connectivity index (χ1v) is 7.83. The summed E-state index contributed by atoms with van der Waals surface area (Å²) < 4.78 is 6.45. The number of halogens is 1. The van der Waals surface area contributed by atoms with Gasteiger partial charge < -0.3 is 10.1 Å². The van der Waals surface area contributed by atoms with Crippen molar-refractivity contribution in [3.05, 3.63) is 50.1 Å². The van der Waals surface area contributed by atoms with E-state index >= 15 is 0 Å². The Morgan fingerprint density at radius 1 is 1.37 bits per heavy atom. The highest BCUT2D eigenvalue weighted by molar-refractivity contribution is 9.10. The average Bonchev–Trinajstić information content (AvgIpc) is 2.75. The quantitative estimate of drug-likeness (QED) is 0.853. The Balaban J connectivity index is 1.98. The zero-order valence-electron chi connectivity index (χ0n) is 11.4. The highest BCUT2D eigenvalue weighted by Crippen LogP contribution is 2.27. The maximum absolute atomic E-state index is 5.25. The summed E-state index contributed by atoms with van der Waals surface area (Å²) in [5.41, 5.74) is 1.24. The summed E-state index contributed by atoms with van der Waals surface area (Å²) in [6.45, 7) is 5.18. The van der Waals surface area contributed by atoms with E-state index < -0.39 is 0 Å². The van der Waals surface area contributed by atoms with Crippen molar-refractivity contribution in [2.45, 2.75) is 26.4 Å². The lowest BCUT2D eigenvalue weighted by molar-refractivity contribution is 0.413. The van der Waals surface area contributed by atoms with E-state index in [4.69, 9.17) is 4.74 Å². The molecule has 0 saturated carbocycles. The Hall–Kier alpha value is -0.840. The standard InChI is InChI=1S/C15H18BrNOS/c1-10(12-5-4-6-13(7-12)18-3)17-9-14-8-15(16)11(2)19-14/h4-8,10,17H,9H2,1-3H3/t10-/m1/s1. The van der Waals surface area contributed by atoms with E-state index in [2.05, 4.69) is 53.3 Å². The Morgan fingerprint density at radius 3 is 2.79 bits per heavy atom. The molecule has 0 bridgehead atoms. The Kier molecular flexibility index (Phi) is 5.02. The van der Waals surface area contributed by atoms with Crippen molar-refractivity contribution in [1.29, 1.82) is 0 Å². The highest BCUT2D eigenvalue weighted by atomic mass is 79.9. The molecule has 0 unspecified atom stereocenters. The van der Waals surface area contributed by atoms with Gasteiger partial charge in [0.25, 0.3) is 0 Å². The second kappa shape index (κ2) is 6.55. The topological polar surface area (TPSA) is 21.3 Å². The van der Waals surface area contributed by atoms with E-state index in [9.17, 15) is 0 Å². The number of benzene rings is 1. The zero-order chi connectivity index (χ0) is 13.8. The van der Waals surface area contributed by atoms with Gasteiger partial charge in [0, 0.05) is 26.8 Å². The van der Waals surface area contributed by atoms with Crippen molar-refractivity contribution in [3.8, 4) is 5.75 Å². The van der Waals surface area contributed by atoms with Crippen LogP contribution in [0.4, 0.5) is 0 Å². The maximum Gasteiger partial charge on any atom is 0.119 e. The molecule has 1 aromatic heterocycles. The fourth-order valence-electron chi connectivity index (χ4n) is 1.89. The first-order valence-electron chi connectivity index (χ1n) is 6.22. The Morgan fingerprint density at radius 2 is 2.16 bits per heavy atom. The fraction of sp³-hybridized carbons (Fsp3) is 0.333. The molecule has 19 heavy (non-hydrogen) atoms. The number of aryl methyl sites for hydroxylation is 1. The summed E-state index contributed by atoms with van der Waals surface area (Å²) in [5.74, 6) is 0.904. The van der Waals surface area contributed by atoms with Gasteiger partial charge in [-0.2, -0.15) is 0 Å². The normalized spacial score (nSPS) is 12.4. The van der Waals surface area contributed by atoms with Gasteiger partial charge in [-0.3, -0.25) is 0 Å². The summed E-state index contributed by atoms with van der Waals surface area (Å²) in [4.78, 5) is 2.67. The monoisotopic (exact) mass is 339 g/mol. The van der Waals surface area contributed by atoms with Crippen LogP contribution in [0.1, 0.15) is 28.3 Å². The van der Waals surface area contributed by atoms with Gasteiger partial charge in [0.05, 0.1) is 7.11 Å². The fourth-order valence-corrected chi connectivity index (χ4v) is 3.44. The molecule has 4 heteroatoms. The summed E-state index contributed by atoms with van der Waals surface area (Å²) in [6.07, 6.45) is 0. The van der Waals surface area contributed by atoms with Crippen LogP contribution in [0.25, 0.3) is 0 Å². The van der Waals surface area contributed by atoms with E-state index in [-0.39, 0.29) is 0 Å². The number of hydrogen-bond donors (Lipinski definition) is 1. The second-order valence-corrected chi connectivity index (χ2v) is 6.69. The maximum atomic E-state index is 5.25. The number of hydrogen-bond acceptors (Lipinski definition) is 3. The molecule has 1 heterocycles. The molecule has 1 aromatic carbocycles. The zero-order valence-corrected chi connectivity index (χ0v) is 13.8. The van der Waals surface area contributed by atoms with Crippen molar-refractivity contribution < 1.29 is 4.74 Å². The van der Waals surface area contributed by atoms with Gasteiger partial charge >= 0.3 is 0 Å². The van der Waals surface area contributed by atoms with Crippen LogP contribution < -0.4 is 10.1 Å². The van der Waals surface area contributed by atoms with Gasteiger partial charge in [-0.05, 0) is 53.5 Å². The van der Waals surface area contributed by atoms with Crippen LogP contribution in [0, 0.1) is 6.92 Å². The van der Waals surface area contributed by atoms with Gasteiger partial charge in [0.1, 0.15) is 5.75 Å². The minimum absolute atomic E-state index is 0.302. The third-order valence-corrected chi connectivity index (χ3v) is 5.22. The summed E-state index contributed by atoms with van der Waals surface area (Å²) in [5, 5.41) is 3.54. The van der Waals surface area contributed by atoms with Crippen LogP contribution in [0.3, 0.4) is 0 Å². The Labute approximate surface area is 126 Å². The molecule has 0 saturated heterocycles. The summed E-state index contributed by atoms with van der Waals surface area (Å²) in [7, 11) is 1.70. The van der Waals surface area contributed by atoms with Crippen molar-refractivity contribution in [2.24, 2.45) is 0 Å². The molecule has 2 nitrogen and oxygen atoms in total. The average molecular weight is 340 g/mol. The second-order valence-electron chi connectivity index (χ2n) is 4.50. The van der Waals surface area contributed by atoms with E-state index in [0.717, 1.165) is 12.3 Å². The van der Waals surface area contributed by atoms with Gasteiger partial charge in [0.2, 0.25) is 0 Å². The minimum atomic E-state index is 0.302. The molecular formula is C15H18BrNOS. The minimum Gasteiger partial charge on any atom is -0.497 e. The van der Waals surface area contributed by atoms with Gasteiger partial charge in [0.15, 0.2) is 0 Å².